The zero-order valence-corrected chi connectivity index (χ0v) is 13.6. The van der Waals surface area contributed by atoms with Crippen molar-refractivity contribution in [3.8, 4) is 11.5 Å². The van der Waals surface area contributed by atoms with Crippen molar-refractivity contribution in [2.75, 3.05) is 6.54 Å². The maximum absolute atomic E-state index is 12.1. The van der Waals surface area contributed by atoms with Crippen molar-refractivity contribution in [2.24, 2.45) is 5.92 Å². The highest BCUT2D eigenvalue weighted by molar-refractivity contribution is 6.29. The summed E-state index contributed by atoms with van der Waals surface area (Å²) < 4.78 is 5.75. The van der Waals surface area contributed by atoms with E-state index in [9.17, 15) is 4.79 Å². The Morgan fingerprint density at radius 2 is 2.13 bits per heavy atom. The lowest BCUT2D eigenvalue weighted by Crippen LogP contribution is -2.27. The van der Waals surface area contributed by atoms with Gasteiger partial charge in [-0.1, -0.05) is 25.4 Å². The molecule has 1 aromatic carbocycles. The second kappa shape index (κ2) is 6.38. The van der Waals surface area contributed by atoms with Gasteiger partial charge >= 0.3 is 0 Å². The highest BCUT2D eigenvalue weighted by Crippen LogP contribution is 2.26. The predicted molar refractivity (Wildman–Crippen MR) is 89.4 cm³/mol. The monoisotopic (exact) mass is 329 g/mol. The molecule has 3 aromatic rings. The molecule has 0 saturated heterocycles. The van der Waals surface area contributed by atoms with E-state index in [1.165, 1.54) is 0 Å². The van der Waals surface area contributed by atoms with Crippen molar-refractivity contribution in [1.82, 2.24) is 15.3 Å². The van der Waals surface area contributed by atoms with Crippen molar-refractivity contribution in [1.29, 1.82) is 0 Å². The van der Waals surface area contributed by atoms with Gasteiger partial charge in [0.15, 0.2) is 5.58 Å². The fraction of sp³-hybridized carbons (Fsp3) is 0.235. The average molecular weight is 330 g/mol. The summed E-state index contributed by atoms with van der Waals surface area (Å²) in [6, 6.07) is 8.67. The largest absolute Gasteiger partial charge is 0.436 e. The van der Waals surface area contributed by atoms with Crippen LogP contribution in [-0.4, -0.2) is 22.4 Å². The standard InChI is InChI=1S/C17H16ClN3O2/c1-10(2)9-20-16(22)11-3-4-13-14(7-11)23-17(21-13)12-5-6-19-15(18)8-12/h3-8,10H,9H2,1-2H3,(H,20,22). The van der Waals surface area contributed by atoms with E-state index in [0.717, 1.165) is 5.56 Å². The maximum Gasteiger partial charge on any atom is 0.251 e. The summed E-state index contributed by atoms with van der Waals surface area (Å²) in [5, 5.41) is 3.26. The van der Waals surface area contributed by atoms with E-state index in [0.29, 0.717) is 40.2 Å². The molecule has 0 aliphatic heterocycles. The third-order valence-corrected chi connectivity index (χ3v) is 3.50. The van der Waals surface area contributed by atoms with E-state index >= 15 is 0 Å². The second-order valence-electron chi connectivity index (χ2n) is 5.67. The first kappa shape index (κ1) is 15.5. The van der Waals surface area contributed by atoms with Crippen LogP contribution in [0.5, 0.6) is 0 Å². The first-order chi connectivity index (χ1) is 11.0. The molecule has 0 radical (unpaired) electrons. The van der Waals surface area contributed by atoms with Gasteiger partial charge in [-0.3, -0.25) is 4.79 Å². The maximum atomic E-state index is 12.1. The highest BCUT2D eigenvalue weighted by atomic mass is 35.5. The smallest absolute Gasteiger partial charge is 0.251 e. The van der Waals surface area contributed by atoms with Crippen LogP contribution in [0.15, 0.2) is 40.9 Å². The van der Waals surface area contributed by atoms with Gasteiger partial charge in [0.2, 0.25) is 5.89 Å². The molecule has 0 aliphatic rings. The predicted octanol–water partition coefficient (Wildman–Crippen LogP) is 3.93. The van der Waals surface area contributed by atoms with Gasteiger partial charge in [-0.25, -0.2) is 9.97 Å². The van der Waals surface area contributed by atoms with E-state index in [2.05, 4.69) is 15.3 Å². The summed E-state index contributed by atoms with van der Waals surface area (Å²) in [4.78, 5) is 20.5. The van der Waals surface area contributed by atoms with Gasteiger partial charge in [0.05, 0.1) is 0 Å². The number of oxazole rings is 1. The molecule has 2 heterocycles. The van der Waals surface area contributed by atoms with Gasteiger partial charge in [0.1, 0.15) is 10.7 Å². The van der Waals surface area contributed by atoms with Gasteiger partial charge < -0.3 is 9.73 Å². The molecule has 0 atom stereocenters. The molecule has 118 valence electrons. The number of pyridine rings is 1. The summed E-state index contributed by atoms with van der Waals surface area (Å²) in [6.45, 7) is 4.73. The summed E-state index contributed by atoms with van der Waals surface area (Å²) in [5.74, 6) is 0.727. The minimum absolute atomic E-state index is 0.120. The number of benzene rings is 1. The molecule has 3 rings (SSSR count). The summed E-state index contributed by atoms with van der Waals surface area (Å²) in [7, 11) is 0. The number of halogens is 1. The molecule has 2 aromatic heterocycles. The summed E-state index contributed by atoms with van der Waals surface area (Å²) in [5.41, 5.74) is 2.54. The molecule has 0 bridgehead atoms. The third-order valence-electron chi connectivity index (χ3n) is 3.30. The minimum Gasteiger partial charge on any atom is -0.436 e. The van der Waals surface area contributed by atoms with Gasteiger partial charge in [-0.15, -0.1) is 0 Å². The normalized spacial score (nSPS) is 11.1. The number of nitrogens with one attached hydrogen (secondary N) is 1. The van der Waals surface area contributed by atoms with Crippen molar-refractivity contribution in [3.63, 3.8) is 0 Å². The van der Waals surface area contributed by atoms with Crippen LogP contribution in [0.3, 0.4) is 0 Å². The van der Waals surface area contributed by atoms with E-state index in [-0.39, 0.29) is 5.91 Å². The molecular formula is C17H16ClN3O2. The first-order valence-electron chi connectivity index (χ1n) is 7.33. The molecule has 0 aliphatic carbocycles. The Kier molecular flexibility index (Phi) is 4.30. The minimum atomic E-state index is -0.120. The molecular weight excluding hydrogens is 314 g/mol. The van der Waals surface area contributed by atoms with Crippen LogP contribution >= 0.6 is 11.6 Å². The number of carbonyl (C=O) groups is 1. The van der Waals surface area contributed by atoms with E-state index < -0.39 is 0 Å². The number of hydrogen-bond acceptors (Lipinski definition) is 4. The van der Waals surface area contributed by atoms with Crippen molar-refractivity contribution >= 4 is 28.6 Å². The van der Waals surface area contributed by atoms with Crippen molar-refractivity contribution in [3.05, 3.63) is 47.2 Å². The third kappa shape index (κ3) is 3.51. The number of carbonyl (C=O) groups excluding carboxylic acids is 1. The average Bonchev–Trinajstić information content (AvgIpc) is 2.95. The zero-order valence-electron chi connectivity index (χ0n) is 12.8. The lowest BCUT2D eigenvalue weighted by molar-refractivity contribution is 0.0949. The Bertz CT molecular complexity index is 858. The van der Waals surface area contributed by atoms with Crippen LogP contribution in [0.25, 0.3) is 22.6 Å². The van der Waals surface area contributed by atoms with Crippen LogP contribution in [0.1, 0.15) is 24.2 Å². The zero-order chi connectivity index (χ0) is 16.4. The number of nitrogens with zero attached hydrogens (tertiary/aromatic N) is 2. The molecule has 1 amide bonds. The SMILES string of the molecule is CC(C)CNC(=O)c1ccc2nc(-c3ccnc(Cl)c3)oc2c1. The van der Waals surface area contributed by atoms with E-state index in [1.54, 1.807) is 36.5 Å². The van der Waals surface area contributed by atoms with Gasteiger partial charge in [0, 0.05) is 23.9 Å². The Balaban J connectivity index is 1.90. The molecule has 6 heteroatoms. The second-order valence-corrected chi connectivity index (χ2v) is 6.06. The molecule has 0 fully saturated rings. The Morgan fingerprint density at radius 1 is 1.30 bits per heavy atom. The van der Waals surface area contributed by atoms with Crippen LogP contribution < -0.4 is 5.32 Å². The van der Waals surface area contributed by atoms with Crippen molar-refractivity contribution in [2.45, 2.75) is 13.8 Å². The summed E-state index contributed by atoms with van der Waals surface area (Å²) >= 11 is 5.89. The van der Waals surface area contributed by atoms with Gasteiger partial charge in [0.25, 0.3) is 5.91 Å². The van der Waals surface area contributed by atoms with Gasteiger partial charge in [-0.05, 0) is 36.2 Å². The number of fused-ring (bicyclic) bond motifs is 1. The van der Waals surface area contributed by atoms with E-state index in [1.807, 2.05) is 13.8 Å². The number of amides is 1. The molecule has 0 unspecified atom stereocenters. The molecule has 23 heavy (non-hydrogen) atoms. The fourth-order valence-corrected chi connectivity index (χ4v) is 2.30. The molecule has 1 N–H and O–H groups in total. The Morgan fingerprint density at radius 3 is 2.87 bits per heavy atom. The van der Waals surface area contributed by atoms with Crippen LogP contribution in [0.2, 0.25) is 5.15 Å². The fourth-order valence-electron chi connectivity index (χ4n) is 2.12. The van der Waals surface area contributed by atoms with Crippen LogP contribution in [-0.2, 0) is 0 Å². The van der Waals surface area contributed by atoms with Gasteiger partial charge in [-0.2, -0.15) is 0 Å². The van der Waals surface area contributed by atoms with Crippen LogP contribution in [0, 0.1) is 5.92 Å². The van der Waals surface area contributed by atoms with E-state index in [4.69, 9.17) is 16.0 Å². The first-order valence-corrected chi connectivity index (χ1v) is 7.71. The quantitative estimate of drug-likeness (QED) is 0.736. The lowest BCUT2D eigenvalue weighted by Gasteiger charge is -2.07. The topological polar surface area (TPSA) is 68.0 Å². The Hall–Kier alpha value is -2.40. The number of hydrogen-bond donors (Lipinski definition) is 1. The highest BCUT2D eigenvalue weighted by Gasteiger charge is 2.12. The molecule has 5 nitrogen and oxygen atoms in total. The molecule has 0 saturated carbocycles. The molecule has 0 spiro atoms. The number of aromatic nitrogens is 2. The number of rotatable bonds is 4. The lowest BCUT2D eigenvalue weighted by atomic mass is 10.1. The Labute approximate surface area is 138 Å². The summed E-state index contributed by atoms with van der Waals surface area (Å²) in [6.07, 6.45) is 1.59. The van der Waals surface area contributed by atoms with Crippen LogP contribution in [0.4, 0.5) is 0 Å². The van der Waals surface area contributed by atoms with Crippen molar-refractivity contribution < 1.29 is 9.21 Å².